The number of methoxy groups -OCH3 is 1. The van der Waals surface area contributed by atoms with E-state index in [1.54, 1.807) is 6.92 Å². The van der Waals surface area contributed by atoms with E-state index in [-0.39, 0.29) is 18.0 Å². The third kappa shape index (κ3) is 2.98. The van der Waals surface area contributed by atoms with Crippen LogP contribution in [0.1, 0.15) is 18.4 Å². The van der Waals surface area contributed by atoms with E-state index >= 15 is 0 Å². The highest BCUT2D eigenvalue weighted by atomic mass is 32.2. The van der Waals surface area contributed by atoms with Gasteiger partial charge in [-0.05, 0) is 37.5 Å². The second-order valence-electron chi connectivity index (χ2n) is 5.63. The standard InChI is InChI=1S/C15H21FN2O4S/c1-11-5-6-12(16)9-13(11)23(20,21)18-8-4-7-15(18,10-22-3)14(19)17-2/h5-6,9H,4,7-8,10H2,1-3H3,(H,17,19). The summed E-state index contributed by atoms with van der Waals surface area (Å²) in [6.07, 6.45) is 0.887. The van der Waals surface area contributed by atoms with Gasteiger partial charge in [-0.2, -0.15) is 4.31 Å². The predicted molar refractivity (Wildman–Crippen MR) is 82.9 cm³/mol. The molecule has 1 unspecified atom stereocenters. The Bertz CT molecular complexity index is 707. The van der Waals surface area contributed by atoms with Crippen molar-refractivity contribution in [2.45, 2.75) is 30.2 Å². The number of sulfonamides is 1. The van der Waals surface area contributed by atoms with Crippen LogP contribution in [0.5, 0.6) is 0 Å². The molecule has 0 bridgehead atoms. The quantitative estimate of drug-likeness (QED) is 0.866. The topological polar surface area (TPSA) is 75.7 Å². The van der Waals surface area contributed by atoms with E-state index in [1.807, 2.05) is 0 Å². The maximum Gasteiger partial charge on any atom is 0.244 e. The molecular weight excluding hydrogens is 323 g/mol. The number of likely N-dealkylation sites (N-methyl/N-ethyl adjacent to an activating group) is 1. The molecule has 1 aliphatic heterocycles. The van der Waals surface area contributed by atoms with Crippen LogP contribution in [0.15, 0.2) is 23.1 Å². The molecule has 128 valence electrons. The van der Waals surface area contributed by atoms with Crippen LogP contribution in [0.25, 0.3) is 0 Å². The van der Waals surface area contributed by atoms with Crippen molar-refractivity contribution >= 4 is 15.9 Å². The maximum atomic E-state index is 13.5. The summed E-state index contributed by atoms with van der Waals surface area (Å²) in [5, 5.41) is 2.51. The number of aryl methyl sites for hydroxylation is 1. The van der Waals surface area contributed by atoms with Gasteiger partial charge in [-0.25, -0.2) is 12.8 Å². The first-order valence-electron chi connectivity index (χ1n) is 7.30. The largest absolute Gasteiger partial charge is 0.382 e. The molecule has 6 nitrogen and oxygen atoms in total. The van der Waals surface area contributed by atoms with E-state index in [1.165, 1.54) is 26.3 Å². The SMILES string of the molecule is CNC(=O)C1(COC)CCCN1S(=O)(=O)c1cc(F)ccc1C. The molecule has 2 rings (SSSR count). The number of halogens is 1. The van der Waals surface area contributed by atoms with E-state index in [0.717, 1.165) is 10.4 Å². The predicted octanol–water partition coefficient (Wildman–Crippen LogP) is 1.05. The van der Waals surface area contributed by atoms with E-state index in [2.05, 4.69) is 5.32 Å². The highest BCUT2D eigenvalue weighted by Crippen LogP contribution is 2.36. The number of ether oxygens (including phenoxy) is 1. The van der Waals surface area contributed by atoms with Crippen LogP contribution in [-0.2, 0) is 19.6 Å². The van der Waals surface area contributed by atoms with Crippen molar-refractivity contribution in [2.24, 2.45) is 0 Å². The zero-order valence-corrected chi connectivity index (χ0v) is 14.2. The molecule has 1 atom stereocenters. The van der Waals surface area contributed by atoms with Crippen molar-refractivity contribution in [3.05, 3.63) is 29.6 Å². The number of hydrogen-bond acceptors (Lipinski definition) is 4. The molecule has 1 fully saturated rings. The number of nitrogens with one attached hydrogen (secondary N) is 1. The molecule has 1 N–H and O–H groups in total. The van der Waals surface area contributed by atoms with Gasteiger partial charge >= 0.3 is 0 Å². The van der Waals surface area contributed by atoms with Gasteiger partial charge in [0, 0.05) is 20.7 Å². The van der Waals surface area contributed by atoms with Crippen LogP contribution >= 0.6 is 0 Å². The number of rotatable bonds is 5. The van der Waals surface area contributed by atoms with Gasteiger partial charge in [0.1, 0.15) is 11.4 Å². The first kappa shape index (κ1) is 17.8. The highest BCUT2D eigenvalue weighted by Gasteiger charge is 2.53. The monoisotopic (exact) mass is 344 g/mol. The minimum absolute atomic E-state index is 0.0553. The molecule has 0 aromatic heterocycles. The summed E-state index contributed by atoms with van der Waals surface area (Å²) in [5.74, 6) is -1.06. The van der Waals surface area contributed by atoms with E-state index in [9.17, 15) is 17.6 Å². The van der Waals surface area contributed by atoms with Crippen LogP contribution in [-0.4, -0.2) is 51.5 Å². The molecule has 1 heterocycles. The first-order chi connectivity index (χ1) is 10.8. The van der Waals surface area contributed by atoms with Gasteiger partial charge in [0.25, 0.3) is 0 Å². The summed E-state index contributed by atoms with van der Waals surface area (Å²) >= 11 is 0. The van der Waals surface area contributed by atoms with Gasteiger partial charge in [-0.1, -0.05) is 6.07 Å². The zero-order chi connectivity index (χ0) is 17.3. The molecule has 1 aromatic rings. The van der Waals surface area contributed by atoms with Crippen LogP contribution in [0, 0.1) is 12.7 Å². The number of amides is 1. The van der Waals surface area contributed by atoms with Gasteiger partial charge in [0.15, 0.2) is 0 Å². The lowest BCUT2D eigenvalue weighted by atomic mass is 9.97. The third-order valence-corrected chi connectivity index (χ3v) is 6.29. The molecule has 0 spiro atoms. The van der Waals surface area contributed by atoms with Crippen LogP contribution < -0.4 is 5.32 Å². The van der Waals surface area contributed by atoms with Gasteiger partial charge < -0.3 is 10.1 Å². The minimum atomic E-state index is -4.02. The summed E-state index contributed by atoms with van der Waals surface area (Å²) in [6.45, 7) is 1.73. The fourth-order valence-corrected chi connectivity index (χ4v) is 5.11. The highest BCUT2D eigenvalue weighted by molar-refractivity contribution is 7.89. The Balaban J connectivity index is 2.57. The van der Waals surface area contributed by atoms with Crippen molar-refractivity contribution in [3.8, 4) is 0 Å². The average Bonchev–Trinajstić information content (AvgIpc) is 2.95. The lowest BCUT2D eigenvalue weighted by Gasteiger charge is -2.35. The Morgan fingerprint density at radius 1 is 1.48 bits per heavy atom. The minimum Gasteiger partial charge on any atom is -0.382 e. The Morgan fingerprint density at radius 2 is 2.17 bits per heavy atom. The molecule has 1 amide bonds. The van der Waals surface area contributed by atoms with Crippen LogP contribution in [0.3, 0.4) is 0 Å². The molecule has 1 saturated heterocycles. The normalized spacial score (nSPS) is 22.3. The van der Waals surface area contributed by atoms with Gasteiger partial charge in [0.05, 0.1) is 11.5 Å². The van der Waals surface area contributed by atoms with Gasteiger partial charge in [0.2, 0.25) is 15.9 Å². The Kier molecular flexibility index (Phi) is 5.07. The van der Waals surface area contributed by atoms with Crippen molar-refractivity contribution in [3.63, 3.8) is 0 Å². The Morgan fingerprint density at radius 3 is 2.78 bits per heavy atom. The van der Waals surface area contributed by atoms with Crippen molar-refractivity contribution < 1.29 is 22.3 Å². The van der Waals surface area contributed by atoms with E-state index < -0.39 is 27.3 Å². The summed E-state index contributed by atoms with van der Waals surface area (Å²) in [4.78, 5) is 12.3. The molecular formula is C15H21FN2O4S. The molecule has 0 radical (unpaired) electrons. The average molecular weight is 344 g/mol. The number of benzene rings is 1. The smallest absolute Gasteiger partial charge is 0.244 e. The number of carbonyl (C=O) groups is 1. The molecule has 8 heteroatoms. The van der Waals surface area contributed by atoms with E-state index in [0.29, 0.717) is 18.4 Å². The zero-order valence-electron chi connectivity index (χ0n) is 13.4. The van der Waals surface area contributed by atoms with E-state index in [4.69, 9.17) is 4.74 Å². The Labute approximate surface area is 135 Å². The lowest BCUT2D eigenvalue weighted by Crippen LogP contribution is -2.59. The van der Waals surface area contributed by atoms with Crippen molar-refractivity contribution in [1.29, 1.82) is 0 Å². The molecule has 23 heavy (non-hydrogen) atoms. The second kappa shape index (κ2) is 6.54. The van der Waals surface area contributed by atoms with Crippen LogP contribution in [0.2, 0.25) is 0 Å². The number of hydrogen-bond donors (Lipinski definition) is 1. The summed E-state index contributed by atoms with van der Waals surface area (Å²) in [5.41, 5.74) is -0.873. The summed E-state index contributed by atoms with van der Waals surface area (Å²) in [6, 6.07) is 3.61. The molecule has 1 aromatic carbocycles. The number of carbonyl (C=O) groups excluding carboxylic acids is 1. The Hall–Kier alpha value is -1.51. The summed E-state index contributed by atoms with van der Waals surface area (Å²) in [7, 11) is -1.15. The first-order valence-corrected chi connectivity index (χ1v) is 8.74. The number of nitrogens with zero attached hydrogens (tertiary/aromatic N) is 1. The van der Waals surface area contributed by atoms with Crippen molar-refractivity contribution in [1.82, 2.24) is 9.62 Å². The van der Waals surface area contributed by atoms with Crippen LogP contribution in [0.4, 0.5) is 4.39 Å². The third-order valence-electron chi connectivity index (χ3n) is 4.18. The maximum absolute atomic E-state index is 13.5. The fourth-order valence-electron chi connectivity index (χ4n) is 3.08. The van der Waals surface area contributed by atoms with Crippen molar-refractivity contribution in [2.75, 3.05) is 27.3 Å². The molecule has 0 aliphatic carbocycles. The lowest BCUT2D eigenvalue weighted by molar-refractivity contribution is -0.131. The summed E-state index contributed by atoms with van der Waals surface area (Å²) < 4.78 is 45.9. The molecule has 0 saturated carbocycles. The van der Waals surface area contributed by atoms with Gasteiger partial charge in [-0.15, -0.1) is 0 Å². The second-order valence-corrected chi connectivity index (χ2v) is 7.46. The molecule has 1 aliphatic rings. The fraction of sp³-hybridized carbons (Fsp3) is 0.533. The van der Waals surface area contributed by atoms with Gasteiger partial charge in [-0.3, -0.25) is 4.79 Å².